The molecule has 0 aliphatic carbocycles. The van der Waals surface area contributed by atoms with Crippen LogP contribution in [0.4, 0.5) is 27.6 Å². The normalized spacial score (nSPS) is 17.3. The van der Waals surface area contributed by atoms with Crippen LogP contribution in [0, 0.1) is 17.6 Å². The Morgan fingerprint density at radius 3 is 2.21 bits per heavy atom. The molecule has 0 bridgehead atoms. The summed E-state index contributed by atoms with van der Waals surface area (Å²) in [6.07, 6.45) is -4.69. The van der Waals surface area contributed by atoms with Crippen molar-refractivity contribution in [1.82, 2.24) is 5.32 Å². The van der Waals surface area contributed by atoms with Crippen molar-refractivity contribution in [3.8, 4) is 0 Å². The molecule has 0 saturated carbocycles. The van der Waals surface area contributed by atoms with Gasteiger partial charge < -0.3 is 10.1 Å². The van der Waals surface area contributed by atoms with Gasteiger partial charge in [-0.15, -0.1) is 0 Å². The molecule has 1 heterocycles. The number of benzene rings is 1. The molecule has 1 aliphatic rings. The first-order valence-electron chi connectivity index (χ1n) is 10.8. The summed E-state index contributed by atoms with van der Waals surface area (Å²) in [5.41, 5.74) is -6.03. The minimum absolute atomic E-state index is 0.0313. The van der Waals surface area contributed by atoms with Gasteiger partial charge in [0.1, 0.15) is 29.8 Å². The van der Waals surface area contributed by atoms with E-state index in [-0.39, 0.29) is 12.0 Å². The van der Waals surface area contributed by atoms with E-state index >= 15 is 0 Å². The summed E-state index contributed by atoms with van der Waals surface area (Å²) in [5.74, 6) is -6.16. The summed E-state index contributed by atoms with van der Waals surface area (Å²) in [7, 11) is 0. The van der Waals surface area contributed by atoms with E-state index in [0.29, 0.717) is 11.3 Å². The number of ether oxygens (including phenoxy) is 1. The maximum Gasteiger partial charge on any atom is 0.419 e. The highest BCUT2D eigenvalue weighted by Crippen LogP contribution is 2.47. The minimum atomic E-state index is -5.18. The predicted molar refractivity (Wildman–Crippen MR) is 114 cm³/mol. The van der Waals surface area contributed by atoms with Crippen molar-refractivity contribution in [3.05, 3.63) is 28.8 Å². The Bertz CT molecular complexity index is 999. The van der Waals surface area contributed by atoms with E-state index < -0.39 is 76.0 Å². The fourth-order valence-electron chi connectivity index (χ4n) is 3.75. The second-order valence-corrected chi connectivity index (χ2v) is 9.92. The molecule has 1 aromatic carbocycles. The van der Waals surface area contributed by atoms with Crippen LogP contribution >= 0.6 is 0 Å². The smallest absolute Gasteiger partial charge is 0.419 e. The third-order valence-corrected chi connectivity index (χ3v) is 5.66. The quantitative estimate of drug-likeness (QED) is 0.469. The third kappa shape index (κ3) is 5.33. The molecule has 11 heteroatoms. The first kappa shape index (κ1) is 27.5. The Kier molecular flexibility index (Phi) is 7.40. The summed E-state index contributed by atoms with van der Waals surface area (Å²) in [5, 5.41) is 2.46. The van der Waals surface area contributed by atoms with Gasteiger partial charge in [0.05, 0.1) is 16.7 Å². The number of hydrogen-bond donors (Lipinski definition) is 1. The van der Waals surface area contributed by atoms with Crippen molar-refractivity contribution in [3.63, 3.8) is 0 Å². The zero-order valence-corrected chi connectivity index (χ0v) is 20.1. The standard InChI is InChI=1S/C23H29F5N2O4/c1-8-11(2)17(19(32)34-21(3,4)5)29-14(31)10-30-18-13(24)9-12(23(26,27)28)16(25)15(18)22(6,7)20(30)33/h9,11,17H,8,10H2,1-7H3,(H,29,31). The van der Waals surface area contributed by atoms with Gasteiger partial charge in [0.15, 0.2) is 0 Å². The number of fused-ring (bicyclic) bond motifs is 1. The van der Waals surface area contributed by atoms with Gasteiger partial charge in [0, 0.05) is 5.56 Å². The Balaban J connectivity index is 2.41. The number of carbonyl (C=O) groups excluding carboxylic acids is 3. The van der Waals surface area contributed by atoms with Gasteiger partial charge in [0.2, 0.25) is 11.8 Å². The van der Waals surface area contributed by atoms with E-state index in [9.17, 15) is 36.3 Å². The largest absolute Gasteiger partial charge is 0.458 e. The van der Waals surface area contributed by atoms with Crippen molar-refractivity contribution in [1.29, 1.82) is 0 Å². The SMILES string of the molecule is CCC(C)C(NC(=O)CN1C(=O)C(C)(C)c2c(F)c(C(F)(F)F)cc(F)c21)C(=O)OC(C)(C)C. The molecule has 2 amide bonds. The van der Waals surface area contributed by atoms with Crippen LogP contribution in [-0.4, -0.2) is 36.0 Å². The lowest BCUT2D eigenvalue weighted by Gasteiger charge is -2.28. The Morgan fingerprint density at radius 2 is 1.74 bits per heavy atom. The van der Waals surface area contributed by atoms with Crippen molar-refractivity contribution in [2.75, 3.05) is 11.4 Å². The fraction of sp³-hybridized carbons (Fsp3) is 0.609. The van der Waals surface area contributed by atoms with Crippen LogP contribution in [0.25, 0.3) is 0 Å². The monoisotopic (exact) mass is 492 g/mol. The summed E-state index contributed by atoms with van der Waals surface area (Å²) in [4.78, 5) is 38.9. The number of rotatable bonds is 6. The molecule has 2 unspecified atom stereocenters. The lowest BCUT2D eigenvalue weighted by atomic mass is 9.84. The first-order chi connectivity index (χ1) is 15.3. The molecule has 1 aromatic rings. The molecule has 0 saturated heterocycles. The number of esters is 1. The molecule has 34 heavy (non-hydrogen) atoms. The summed E-state index contributed by atoms with van der Waals surface area (Å²) in [6, 6.07) is -1.12. The van der Waals surface area contributed by atoms with Crippen LogP contribution in [0.2, 0.25) is 0 Å². The van der Waals surface area contributed by atoms with Gasteiger partial charge in [-0.1, -0.05) is 20.3 Å². The molecule has 190 valence electrons. The molecule has 0 spiro atoms. The molecular weight excluding hydrogens is 463 g/mol. The Labute approximate surface area is 194 Å². The first-order valence-corrected chi connectivity index (χ1v) is 10.8. The van der Waals surface area contributed by atoms with Gasteiger partial charge in [0.25, 0.3) is 0 Å². The molecule has 0 aromatic heterocycles. The molecule has 2 rings (SSSR count). The second-order valence-electron chi connectivity index (χ2n) is 9.92. The van der Waals surface area contributed by atoms with Crippen LogP contribution < -0.4 is 10.2 Å². The van der Waals surface area contributed by atoms with E-state index in [4.69, 9.17) is 4.74 Å². The number of alkyl halides is 3. The van der Waals surface area contributed by atoms with E-state index in [0.717, 1.165) is 13.8 Å². The van der Waals surface area contributed by atoms with Gasteiger partial charge in [-0.25, -0.2) is 13.6 Å². The van der Waals surface area contributed by atoms with Gasteiger partial charge in [-0.2, -0.15) is 13.2 Å². The molecule has 0 radical (unpaired) electrons. The van der Waals surface area contributed by atoms with E-state index in [1.807, 2.05) is 0 Å². The predicted octanol–water partition coefficient (Wildman–Crippen LogP) is 4.48. The number of carbonyl (C=O) groups is 3. The summed E-state index contributed by atoms with van der Waals surface area (Å²) < 4.78 is 74.5. The average molecular weight is 492 g/mol. The number of amides is 2. The molecule has 1 aliphatic heterocycles. The lowest BCUT2D eigenvalue weighted by Crippen LogP contribution is -2.51. The highest BCUT2D eigenvalue weighted by atomic mass is 19.4. The fourth-order valence-corrected chi connectivity index (χ4v) is 3.75. The molecule has 2 atom stereocenters. The molecular formula is C23H29F5N2O4. The summed E-state index contributed by atoms with van der Waals surface area (Å²) in [6.45, 7) is 9.90. The van der Waals surface area contributed by atoms with Crippen LogP contribution in [0.5, 0.6) is 0 Å². The van der Waals surface area contributed by atoms with Crippen molar-refractivity contribution < 1.29 is 41.1 Å². The zero-order valence-electron chi connectivity index (χ0n) is 20.1. The zero-order chi connectivity index (χ0) is 26.4. The van der Waals surface area contributed by atoms with Gasteiger partial charge >= 0.3 is 12.1 Å². The van der Waals surface area contributed by atoms with E-state index in [1.54, 1.807) is 34.6 Å². The topological polar surface area (TPSA) is 75.7 Å². The van der Waals surface area contributed by atoms with Crippen LogP contribution in [0.1, 0.15) is 66.0 Å². The highest BCUT2D eigenvalue weighted by Gasteiger charge is 2.51. The number of nitrogens with one attached hydrogen (secondary N) is 1. The second kappa shape index (κ2) is 9.14. The van der Waals surface area contributed by atoms with E-state index in [2.05, 4.69) is 5.32 Å². The van der Waals surface area contributed by atoms with E-state index in [1.165, 1.54) is 0 Å². The van der Waals surface area contributed by atoms with Crippen LogP contribution in [0.15, 0.2) is 6.07 Å². The van der Waals surface area contributed by atoms with Gasteiger partial charge in [-0.3, -0.25) is 14.5 Å². The van der Waals surface area contributed by atoms with Crippen molar-refractivity contribution >= 4 is 23.5 Å². The minimum Gasteiger partial charge on any atom is -0.458 e. The Morgan fingerprint density at radius 1 is 1.18 bits per heavy atom. The Hall–Kier alpha value is -2.72. The summed E-state index contributed by atoms with van der Waals surface area (Å²) >= 11 is 0. The maximum atomic E-state index is 14.8. The maximum absolute atomic E-state index is 14.8. The third-order valence-electron chi connectivity index (χ3n) is 5.66. The van der Waals surface area contributed by atoms with Crippen molar-refractivity contribution in [2.24, 2.45) is 5.92 Å². The highest BCUT2D eigenvalue weighted by molar-refractivity contribution is 6.10. The number of halogens is 5. The van der Waals surface area contributed by atoms with Crippen LogP contribution in [-0.2, 0) is 30.7 Å². The lowest BCUT2D eigenvalue weighted by molar-refractivity contribution is -0.160. The molecule has 0 fully saturated rings. The average Bonchev–Trinajstić information content (AvgIpc) is 2.87. The molecule has 6 nitrogen and oxygen atoms in total. The number of nitrogens with zero attached hydrogens (tertiary/aromatic N) is 1. The number of anilines is 1. The molecule has 1 N–H and O–H groups in total. The number of hydrogen-bond acceptors (Lipinski definition) is 4. The van der Waals surface area contributed by atoms with Crippen molar-refractivity contribution in [2.45, 2.75) is 78.1 Å². The van der Waals surface area contributed by atoms with Crippen LogP contribution in [0.3, 0.4) is 0 Å². The van der Waals surface area contributed by atoms with Gasteiger partial charge in [-0.05, 0) is 46.6 Å².